The maximum Gasteiger partial charge on any atom is 0.573 e. The van der Waals surface area contributed by atoms with Crippen LogP contribution in [0.15, 0.2) is 29.3 Å². The molecule has 1 aliphatic heterocycles. The minimum atomic E-state index is -4.68. The summed E-state index contributed by atoms with van der Waals surface area (Å²) in [6, 6.07) is 5.62. The second-order valence-electron chi connectivity index (χ2n) is 6.49. The maximum absolute atomic E-state index is 12.1. The number of hydrogen-bond acceptors (Lipinski definition) is 3. The van der Waals surface area contributed by atoms with Crippen LogP contribution in [0.5, 0.6) is 5.75 Å². The Morgan fingerprint density at radius 2 is 1.92 bits per heavy atom. The van der Waals surface area contributed by atoms with Gasteiger partial charge in [0.15, 0.2) is 5.96 Å². The lowest BCUT2D eigenvalue weighted by molar-refractivity contribution is -0.274. The number of hydrogen-bond donors (Lipinski definition) is 2. The molecule has 146 valence electrons. The van der Waals surface area contributed by atoms with E-state index in [0.717, 1.165) is 31.0 Å². The number of aliphatic imine (C=N–C) groups is 1. The first kappa shape index (κ1) is 20.4. The molecule has 0 bridgehead atoms. The van der Waals surface area contributed by atoms with Crippen LogP contribution in [0.3, 0.4) is 0 Å². The predicted molar refractivity (Wildman–Crippen MR) is 95.9 cm³/mol. The van der Waals surface area contributed by atoms with E-state index in [4.69, 9.17) is 5.73 Å². The first-order valence-corrected chi connectivity index (χ1v) is 8.96. The fraction of sp³-hybridized carbons (Fsp3) is 0.611. The van der Waals surface area contributed by atoms with Gasteiger partial charge in [0.1, 0.15) is 5.75 Å². The smallest absolute Gasteiger partial charge is 0.406 e. The molecule has 0 amide bonds. The number of benzene rings is 1. The van der Waals surface area contributed by atoms with Crippen molar-refractivity contribution in [1.82, 2.24) is 10.2 Å². The van der Waals surface area contributed by atoms with Gasteiger partial charge in [-0.05, 0) is 62.5 Å². The fourth-order valence-electron chi connectivity index (χ4n) is 3.02. The van der Waals surface area contributed by atoms with Crippen LogP contribution in [0.1, 0.15) is 31.7 Å². The van der Waals surface area contributed by atoms with Crippen molar-refractivity contribution in [3.8, 4) is 5.75 Å². The van der Waals surface area contributed by atoms with Gasteiger partial charge in [-0.1, -0.05) is 19.1 Å². The molecule has 5 nitrogen and oxygen atoms in total. The van der Waals surface area contributed by atoms with Gasteiger partial charge in [-0.25, -0.2) is 4.99 Å². The van der Waals surface area contributed by atoms with Crippen molar-refractivity contribution in [1.29, 1.82) is 0 Å². The number of piperidine rings is 1. The van der Waals surface area contributed by atoms with Crippen LogP contribution in [0.4, 0.5) is 13.2 Å². The number of nitrogens with one attached hydrogen (secondary N) is 1. The molecule has 0 aromatic heterocycles. The van der Waals surface area contributed by atoms with Gasteiger partial charge in [0, 0.05) is 6.54 Å². The molecule has 0 saturated carbocycles. The average molecular weight is 372 g/mol. The molecule has 0 radical (unpaired) electrons. The van der Waals surface area contributed by atoms with Gasteiger partial charge in [0.05, 0.1) is 6.54 Å². The fourth-order valence-corrected chi connectivity index (χ4v) is 3.02. The molecule has 2 rings (SSSR count). The van der Waals surface area contributed by atoms with Crippen molar-refractivity contribution >= 4 is 5.96 Å². The summed E-state index contributed by atoms with van der Waals surface area (Å²) >= 11 is 0. The van der Waals surface area contributed by atoms with Crippen LogP contribution in [0, 0.1) is 5.92 Å². The van der Waals surface area contributed by atoms with Crippen LogP contribution in [-0.2, 0) is 6.54 Å². The topological polar surface area (TPSA) is 62.9 Å². The Morgan fingerprint density at radius 3 is 2.50 bits per heavy atom. The van der Waals surface area contributed by atoms with Gasteiger partial charge >= 0.3 is 6.36 Å². The molecule has 3 N–H and O–H groups in total. The zero-order valence-corrected chi connectivity index (χ0v) is 15.1. The number of guanidine groups is 1. The highest BCUT2D eigenvalue weighted by atomic mass is 19.4. The number of alkyl halides is 3. The minimum Gasteiger partial charge on any atom is -0.406 e. The van der Waals surface area contributed by atoms with E-state index in [2.05, 4.69) is 26.9 Å². The minimum absolute atomic E-state index is 0.245. The summed E-state index contributed by atoms with van der Waals surface area (Å²) in [6.45, 7) is 6.73. The van der Waals surface area contributed by atoms with E-state index in [0.29, 0.717) is 12.5 Å². The van der Waals surface area contributed by atoms with Crippen molar-refractivity contribution in [2.75, 3.05) is 26.2 Å². The third kappa shape index (κ3) is 7.51. The predicted octanol–water partition coefficient (Wildman–Crippen LogP) is 3.11. The SMILES string of the molecule is CCN1CCC(CCNC(N)=NCc2ccc(OC(F)(F)F)cc2)CC1. The number of nitrogens with zero attached hydrogens (tertiary/aromatic N) is 2. The van der Waals surface area contributed by atoms with E-state index in [9.17, 15) is 13.2 Å². The Kier molecular flexibility index (Phi) is 7.56. The number of ether oxygens (including phenoxy) is 1. The second kappa shape index (κ2) is 9.66. The van der Waals surface area contributed by atoms with Crippen molar-refractivity contribution in [2.24, 2.45) is 16.6 Å². The molecule has 1 heterocycles. The third-order valence-corrected chi connectivity index (χ3v) is 4.60. The average Bonchev–Trinajstić information content (AvgIpc) is 2.60. The lowest BCUT2D eigenvalue weighted by Gasteiger charge is -2.31. The van der Waals surface area contributed by atoms with Crippen molar-refractivity contribution in [2.45, 2.75) is 39.1 Å². The summed E-state index contributed by atoms with van der Waals surface area (Å²) in [5.74, 6) is 0.830. The molecule has 26 heavy (non-hydrogen) atoms. The highest BCUT2D eigenvalue weighted by molar-refractivity contribution is 5.77. The Hall–Kier alpha value is -1.96. The molecule has 1 aromatic rings. The molecule has 1 aliphatic rings. The van der Waals surface area contributed by atoms with Gasteiger partial charge in [0.2, 0.25) is 0 Å². The maximum atomic E-state index is 12.1. The van der Waals surface area contributed by atoms with E-state index < -0.39 is 6.36 Å². The van der Waals surface area contributed by atoms with Gasteiger partial charge in [-0.3, -0.25) is 0 Å². The lowest BCUT2D eigenvalue weighted by Crippen LogP contribution is -2.36. The Labute approximate surface area is 152 Å². The Balaban J connectivity index is 1.68. The van der Waals surface area contributed by atoms with Crippen LogP contribution >= 0.6 is 0 Å². The number of halogens is 3. The quantitative estimate of drug-likeness (QED) is 0.570. The first-order valence-electron chi connectivity index (χ1n) is 8.96. The Bertz CT molecular complexity index is 567. The summed E-state index contributed by atoms with van der Waals surface area (Å²) < 4.78 is 40.2. The zero-order valence-electron chi connectivity index (χ0n) is 15.1. The molecule has 1 saturated heterocycles. The summed E-state index contributed by atoms with van der Waals surface area (Å²) in [7, 11) is 0. The molecule has 0 spiro atoms. The summed E-state index contributed by atoms with van der Waals surface area (Å²) in [4.78, 5) is 6.68. The number of likely N-dealkylation sites (tertiary alicyclic amines) is 1. The van der Waals surface area contributed by atoms with Crippen LogP contribution in [0.2, 0.25) is 0 Å². The number of rotatable bonds is 7. The highest BCUT2D eigenvalue weighted by Gasteiger charge is 2.30. The highest BCUT2D eigenvalue weighted by Crippen LogP contribution is 2.23. The van der Waals surface area contributed by atoms with Gasteiger partial charge in [0.25, 0.3) is 0 Å². The molecule has 1 aromatic carbocycles. The molecule has 8 heteroatoms. The monoisotopic (exact) mass is 372 g/mol. The number of nitrogens with two attached hydrogens (primary N) is 1. The zero-order chi connectivity index (χ0) is 19.0. The Morgan fingerprint density at radius 1 is 1.27 bits per heavy atom. The van der Waals surface area contributed by atoms with Crippen LogP contribution < -0.4 is 15.8 Å². The summed E-state index contributed by atoms with van der Waals surface area (Å²) in [6.07, 6.45) is -1.17. The molecular formula is C18H27F3N4O. The summed E-state index contributed by atoms with van der Waals surface area (Å²) in [5, 5.41) is 3.11. The largest absolute Gasteiger partial charge is 0.573 e. The van der Waals surface area contributed by atoms with E-state index in [1.165, 1.54) is 38.1 Å². The molecule has 0 atom stereocenters. The lowest BCUT2D eigenvalue weighted by atomic mass is 9.93. The van der Waals surface area contributed by atoms with Gasteiger partial charge < -0.3 is 20.7 Å². The molecule has 0 aliphatic carbocycles. The van der Waals surface area contributed by atoms with E-state index in [-0.39, 0.29) is 5.75 Å². The molecular weight excluding hydrogens is 345 g/mol. The summed E-state index contributed by atoms with van der Waals surface area (Å²) in [5.41, 5.74) is 6.61. The van der Waals surface area contributed by atoms with E-state index >= 15 is 0 Å². The third-order valence-electron chi connectivity index (χ3n) is 4.60. The van der Waals surface area contributed by atoms with Crippen molar-refractivity contribution in [3.05, 3.63) is 29.8 Å². The van der Waals surface area contributed by atoms with Gasteiger partial charge in [-0.2, -0.15) is 0 Å². The van der Waals surface area contributed by atoms with Gasteiger partial charge in [-0.15, -0.1) is 13.2 Å². The van der Waals surface area contributed by atoms with Crippen molar-refractivity contribution in [3.63, 3.8) is 0 Å². The normalized spacial score (nSPS) is 17.3. The first-order chi connectivity index (χ1) is 12.4. The second-order valence-corrected chi connectivity index (χ2v) is 6.49. The van der Waals surface area contributed by atoms with Crippen molar-refractivity contribution < 1.29 is 17.9 Å². The molecule has 1 fully saturated rings. The van der Waals surface area contributed by atoms with Crippen LogP contribution in [-0.4, -0.2) is 43.4 Å². The van der Waals surface area contributed by atoms with Crippen LogP contribution in [0.25, 0.3) is 0 Å². The molecule has 0 unspecified atom stereocenters. The van der Waals surface area contributed by atoms with E-state index in [1.54, 1.807) is 12.1 Å². The van der Waals surface area contributed by atoms with E-state index in [1.807, 2.05) is 0 Å². The standard InChI is InChI=1S/C18H27F3N4O/c1-2-25-11-8-14(9-12-25)7-10-23-17(22)24-13-15-3-5-16(6-4-15)26-18(19,20)21/h3-6,14H,2,7-13H2,1H3,(H3,22,23,24).